The molecule has 67 valence electrons. The van der Waals surface area contributed by atoms with Crippen LogP contribution in [0.5, 0.6) is 0 Å². The van der Waals surface area contributed by atoms with Crippen LogP contribution >= 0.6 is 0 Å². The third-order valence-corrected chi connectivity index (χ3v) is 0.400. The minimum absolute atomic E-state index is 0. The average molecular weight is 184 g/mol. The summed E-state index contributed by atoms with van der Waals surface area (Å²) in [7, 11) is 6.00. The molecule has 4 nitrogen and oxygen atoms in total. The minimum atomic E-state index is -1.06. The van der Waals surface area contributed by atoms with Crippen LogP contribution < -0.4 is 0 Å². The van der Waals surface area contributed by atoms with Crippen LogP contribution in [0, 0.1) is 0 Å². The summed E-state index contributed by atoms with van der Waals surface area (Å²) in [6, 6.07) is 0. The molecule has 0 aromatic rings. The average Bonchev–Trinajstić information content (AvgIpc) is 1.56. The third-order valence-electron chi connectivity index (χ3n) is 0.400. The SMILES string of the molecule is CC(=O)CC(=O)O.CN(C)C.[Na]. The van der Waals surface area contributed by atoms with E-state index >= 15 is 0 Å². The number of hydrogen-bond donors (Lipinski definition) is 1. The Morgan fingerprint density at radius 3 is 1.50 bits per heavy atom. The van der Waals surface area contributed by atoms with Crippen LogP contribution in [0.2, 0.25) is 0 Å². The predicted octanol–water partition coefficient (Wildman–Crippen LogP) is -0.153. The molecule has 0 aromatic carbocycles. The van der Waals surface area contributed by atoms with Crippen molar-refractivity contribution in [3.63, 3.8) is 0 Å². The fraction of sp³-hybridized carbons (Fsp3) is 0.714. The number of carboxylic acids is 1. The molecule has 1 N–H and O–H groups in total. The minimum Gasteiger partial charge on any atom is -0.481 e. The van der Waals surface area contributed by atoms with Gasteiger partial charge in [-0.15, -0.1) is 0 Å². The molecular weight excluding hydrogens is 169 g/mol. The maximum absolute atomic E-state index is 9.87. The summed E-state index contributed by atoms with van der Waals surface area (Å²) in [6.07, 6.45) is -0.361. The van der Waals surface area contributed by atoms with E-state index in [1.807, 2.05) is 26.0 Å². The van der Waals surface area contributed by atoms with Gasteiger partial charge in [-0.3, -0.25) is 9.59 Å². The zero-order valence-electron chi connectivity index (χ0n) is 8.42. The first-order valence-electron chi connectivity index (χ1n) is 3.18. The summed E-state index contributed by atoms with van der Waals surface area (Å²) in [5.74, 6) is -1.37. The van der Waals surface area contributed by atoms with Crippen molar-refractivity contribution in [2.45, 2.75) is 13.3 Å². The van der Waals surface area contributed by atoms with E-state index in [0.717, 1.165) is 0 Å². The molecule has 0 aliphatic heterocycles. The molecule has 0 spiro atoms. The van der Waals surface area contributed by atoms with Gasteiger partial charge < -0.3 is 10.0 Å². The van der Waals surface area contributed by atoms with E-state index in [2.05, 4.69) is 0 Å². The maximum atomic E-state index is 9.87. The summed E-state index contributed by atoms with van der Waals surface area (Å²) >= 11 is 0. The van der Waals surface area contributed by atoms with E-state index in [4.69, 9.17) is 5.11 Å². The number of carbonyl (C=O) groups is 2. The van der Waals surface area contributed by atoms with Gasteiger partial charge in [-0.2, -0.15) is 0 Å². The van der Waals surface area contributed by atoms with E-state index in [1.165, 1.54) is 6.92 Å². The summed E-state index contributed by atoms with van der Waals surface area (Å²) in [4.78, 5) is 21.5. The largest absolute Gasteiger partial charge is 0.481 e. The first-order chi connectivity index (χ1) is 4.86. The molecule has 0 unspecified atom stereocenters. The van der Waals surface area contributed by atoms with E-state index in [9.17, 15) is 9.59 Å². The van der Waals surface area contributed by atoms with Gasteiger partial charge in [-0.1, -0.05) is 0 Å². The Bertz CT molecular complexity index is 122. The molecule has 0 saturated carbocycles. The van der Waals surface area contributed by atoms with Crippen LogP contribution in [0.4, 0.5) is 0 Å². The second-order valence-corrected chi connectivity index (χ2v) is 2.61. The number of ketones is 1. The van der Waals surface area contributed by atoms with Crippen molar-refractivity contribution in [3.05, 3.63) is 0 Å². The Labute approximate surface area is 95.2 Å². The van der Waals surface area contributed by atoms with Gasteiger partial charge in [-0.25, -0.2) is 0 Å². The van der Waals surface area contributed by atoms with E-state index in [-0.39, 0.29) is 41.8 Å². The Morgan fingerprint density at radius 2 is 1.50 bits per heavy atom. The molecule has 0 saturated heterocycles. The number of hydrogen-bond acceptors (Lipinski definition) is 3. The number of Topliss-reactive ketones (excluding diaryl/α,β-unsaturated/α-hetero) is 1. The summed E-state index contributed by atoms with van der Waals surface area (Å²) < 4.78 is 0. The Hall–Kier alpha value is 0.1000. The van der Waals surface area contributed by atoms with Gasteiger partial charge in [-0.05, 0) is 28.1 Å². The van der Waals surface area contributed by atoms with E-state index in [1.54, 1.807) is 0 Å². The van der Waals surface area contributed by atoms with Gasteiger partial charge in [0.25, 0.3) is 0 Å². The molecule has 0 fully saturated rings. The van der Waals surface area contributed by atoms with Crippen molar-refractivity contribution < 1.29 is 14.7 Å². The van der Waals surface area contributed by atoms with Gasteiger partial charge in [0.1, 0.15) is 12.2 Å². The molecule has 1 radical (unpaired) electrons. The molecule has 0 heterocycles. The molecule has 0 aliphatic carbocycles. The molecule has 0 atom stereocenters. The molecule has 5 heteroatoms. The monoisotopic (exact) mass is 184 g/mol. The van der Waals surface area contributed by atoms with Gasteiger partial charge in [0.2, 0.25) is 0 Å². The van der Waals surface area contributed by atoms with Gasteiger partial charge in [0.15, 0.2) is 0 Å². The van der Waals surface area contributed by atoms with Gasteiger partial charge in [0, 0.05) is 29.6 Å². The molecule has 0 aliphatic rings. The standard InChI is InChI=1S/C4H6O3.C3H9N.Na/c1-3(5)2-4(6)7;1-4(2)3;/h2H2,1H3,(H,6,7);1-3H3;. The Balaban J connectivity index is -0.000000142. The molecule has 0 bridgehead atoms. The molecule has 12 heavy (non-hydrogen) atoms. The summed E-state index contributed by atoms with van der Waals surface area (Å²) in [6.45, 7) is 1.24. The van der Waals surface area contributed by atoms with Crippen LogP contribution in [0.3, 0.4) is 0 Å². The van der Waals surface area contributed by atoms with Gasteiger partial charge in [0.05, 0.1) is 0 Å². The zero-order chi connectivity index (χ0) is 9.44. The number of rotatable bonds is 2. The second-order valence-electron chi connectivity index (χ2n) is 2.61. The van der Waals surface area contributed by atoms with Crippen LogP contribution in [-0.2, 0) is 9.59 Å². The summed E-state index contributed by atoms with van der Waals surface area (Å²) in [5, 5.41) is 7.86. The fourth-order valence-corrected chi connectivity index (χ4v) is 0.213. The number of carboxylic acid groups (broad SMARTS) is 1. The van der Waals surface area contributed by atoms with Crippen molar-refractivity contribution in [2.75, 3.05) is 21.1 Å². The third kappa shape index (κ3) is 49.8. The van der Waals surface area contributed by atoms with Crippen molar-refractivity contribution in [1.82, 2.24) is 4.90 Å². The van der Waals surface area contributed by atoms with Crippen LogP contribution in [0.25, 0.3) is 0 Å². The summed E-state index contributed by atoms with van der Waals surface area (Å²) in [5.41, 5.74) is 0. The normalized spacial score (nSPS) is 7.75. The predicted molar refractivity (Wildman–Crippen MR) is 48.3 cm³/mol. The van der Waals surface area contributed by atoms with Crippen LogP contribution in [0.1, 0.15) is 13.3 Å². The zero-order valence-corrected chi connectivity index (χ0v) is 10.4. The van der Waals surface area contributed by atoms with E-state index in [0.29, 0.717) is 0 Å². The number of carbonyl (C=O) groups excluding carboxylic acids is 1. The van der Waals surface area contributed by atoms with Crippen molar-refractivity contribution in [2.24, 2.45) is 0 Å². The molecule has 0 rings (SSSR count). The Kier molecular flexibility index (Phi) is 16.7. The first-order valence-corrected chi connectivity index (χ1v) is 3.18. The molecule has 0 amide bonds. The van der Waals surface area contributed by atoms with Crippen LogP contribution in [-0.4, -0.2) is 72.5 Å². The van der Waals surface area contributed by atoms with Gasteiger partial charge >= 0.3 is 5.97 Å². The number of aliphatic carboxylic acids is 1. The van der Waals surface area contributed by atoms with Crippen molar-refractivity contribution in [3.8, 4) is 0 Å². The number of nitrogens with zero attached hydrogens (tertiary/aromatic N) is 1. The Morgan fingerprint density at radius 1 is 1.25 bits per heavy atom. The van der Waals surface area contributed by atoms with E-state index < -0.39 is 5.97 Å². The van der Waals surface area contributed by atoms with Crippen molar-refractivity contribution in [1.29, 1.82) is 0 Å². The molecular formula is C7H15NNaO3. The van der Waals surface area contributed by atoms with Crippen LogP contribution in [0.15, 0.2) is 0 Å². The fourth-order valence-electron chi connectivity index (χ4n) is 0.213. The first kappa shape index (κ1) is 18.0. The second kappa shape index (κ2) is 11.1. The molecule has 0 aromatic heterocycles. The maximum Gasteiger partial charge on any atom is 0.310 e. The smallest absolute Gasteiger partial charge is 0.310 e. The quantitative estimate of drug-likeness (QED) is 0.479. The topological polar surface area (TPSA) is 57.6 Å². The van der Waals surface area contributed by atoms with Crippen molar-refractivity contribution >= 4 is 41.3 Å².